The van der Waals surface area contributed by atoms with Gasteiger partial charge in [-0.3, -0.25) is 9.69 Å². The molecule has 2 aliphatic rings. The first-order valence-electron chi connectivity index (χ1n) is 13.0. The van der Waals surface area contributed by atoms with Crippen molar-refractivity contribution in [2.45, 2.75) is 18.4 Å². The number of nitrogens with zero attached hydrogens (tertiary/aromatic N) is 5. The van der Waals surface area contributed by atoms with Crippen LogP contribution in [0.25, 0.3) is 0 Å². The largest absolute Gasteiger partial charge is 0.384 e. The molecule has 0 bridgehead atoms. The number of rotatable bonds is 6. The first-order valence-corrected chi connectivity index (χ1v) is 14.6. The molecule has 3 amide bonds. The summed E-state index contributed by atoms with van der Waals surface area (Å²) in [5, 5.41) is 17.0. The van der Waals surface area contributed by atoms with Crippen molar-refractivity contribution in [3.05, 3.63) is 87.8 Å². The number of anilines is 3. The number of hydrogen-bond acceptors (Lipinski definition) is 8. The Morgan fingerprint density at radius 2 is 1.85 bits per heavy atom. The molecule has 5 rings (SSSR count). The minimum absolute atomic E-state index is 0.137. The van der Waals surface area contributed by atoms with E-state index in [1.165, 1.54) is 28.4 Å². The van der Waals surface area contributed by atoms with Crippen LogP contribution < -0.4 is 15.5 Å². The highest BCUT2D eigenvalue weighted by Gasteiger charge is 2.39. The summed E-state index contributed by atoms with van der Waals surface area (Å²) in [4.78, 5) is 37.8. The lowest BCUT2D eigenvalue weighted by molar-refractivity contribution is -0.122. The molecule has 41 heavy (non-hydrogen) atoms. The molecule has 0 atom stereocenters. The van der Waals surface area contributed by atoms with E-state index in [9.17, 15) is 14.9 Å². The molecule has 0 spiro atoms. The highest BCUT2D eigenvalue weighted by molar-refractivity contribution is 8.19. The molecule has 0 aromatic heterocycles. The standard InChI is InChI=1S/C30H29N7O2S2/c1-5-32-22-13-11-20(17-31)15-23(22)34-30-37(18-19-9-7-6-8-10-19)27(38)26(41-30)28-36(4)24-14-12-21(16-25(24)40-28)33-29(39)35(2)3/h6-16,32H,5,18H2,1-4H3,(H,33,39). The topological polar surface area (TPSA) is 104 Å². The van der Waals surface area contributed by atoms with Gasteiger partial charge in [-0.2, -0.15) is 5.26 Å². The number of amides is 3. The Morgan fingerprint density at radius 3 is 2.56 bits per heavy atom. The number of fused-ring (bicyclic) bond motifs is 1. The number of carbonyl (C=O) groups is 2. The zero-order valence-electron chi connectivity index (χ0n) is 23.1. The van der Waals surface area contributed by atoms with Crippen LogP contribution in [0.15, 0.2) is 86.6 Å². The summed E-state index contributed by atoms with van der Waals surface area (Å²) in [5.41, 5.74) is 4.50. The molecule has 11 heteroatoms. The van der Waals surface area contributed by atoms with E-state index in [1.807, 2.05) is 73.5 Å². The highest BCUT2D eigenvalue weighted by atomic mass is 32.2. The first kappa shape index (κ1) is 28.1. The predicted molar refractivity (Wildman–Crippen MR) is 167 cm³/mol. The number of benzene rings is 3. The van der Waals surface area contributed by atoms with E-state index in [0.717, 1.165) is 26.9 Å². The molecule has 1 saturated heterocycles. The molecule has 208 valence electrons. The molecule has 0 aliphatic carbocycles. The summed E-state index contributed by atoms with van der Waals surface area (Å²) in [7, 11) is 5.31. The van der Waals surface area contributed by atoms with Gasteiger partial charge in [0, 0.05) is 38.3 Å². The molecule has 0 radical (unpaired) electrons. The Kier molecular flexibility index (Phi) is 8.23. The molecule has 2 N–H and O–H groups in total. The van der Waals surface area contributed by atoms with Crippen molar-refractivity contribution in [2.24, 2.45) is 4.99 Å². The molecule has 3 aromatic rings. The fourth-order valence-electron chi connectivity index (χ4n) is 4.33. The van der Waals surface area contributed by atoms with Gasteiger partial charge in [-0.05, 0) is 60.6 Å². The summed E-state index contributed by atoms with van der Waals surface area (Å²) < 4.78 is 0. The number of urea groups is 1. The summed E-state index contributed by atoms with van der Waals surface area (Å²) in [6, 6.07) is 22.8. The van der Waals surface area contributed by atoms with Crippen LogP contribution in [0.3, 0.4) is 0 Å². The number of nitriles is 1. The highest BCUT2D eigenvalue weighted by Crippen LogP contribution is 2.51. The fourth-order valence-corrected chi connectivity index (χ4v) is 6.70. The van der Waals surface area contributed by atoms with Gasteiger partial charge in [0.2, 0.25) is 0 Å². The van der Waals surface area contributed by atoms with Crippen molar-refractivity contribution in [1.82, 2.24) is 9.80 Å². The monoisotopic (exact) mass is 583 g/mol. The van der Waals surface area contributed by atoms with E-state index in [1.54, 1.807) is 31.1 Å². The van der Waals surface area contributed by atoms with Gasteiger partial charge < -0.3 is 20.4 Å². The van der Waals surface area contributed by atoms with E-state index in [4.69, 9.17) is 4.99 Å². The zero-order valence-corrected chi connectivity index (χ0v) is 24.8. The molecule has 1 fully saturated rings. The van der Waals surface area contributed by atoms with E-state index >= 15 is 0 Å². The lowest BCUT2D eigenvalue weighted by Gasteiger charge is -2.17. The Hall–Kier alpha value is -4.40. The van der Waals surface area contributed by atoms with Crippen LogP contribution in [0.4, 0.5) is 27.5 Å². The van der Waals surface area contributed by atoms with E-state index in [2.05, 4.69) is 16.7 Å². The van der Waals surface area contributed by atoms with Crippen molar-refractivity contribution < 1.29 is 9.59 Å². The van der Waals surface area contributed by atoms with Crippen molar-refractivity contribution in [3.8, 4) is 6.07 Å². The van der Waals surface area contributed by atoms with E-state index in [-0.39, 0.29) is 11.9 Å². The quantitative estimate of drug-likeness (QED) is 0.330. The number of nitrogens with one attached hydrogen (secondary N) is 2. The summed E-state index contributed by atoms with van der Waals surface area (Å²) in [5.74, 6) is -0.137. The van der Waals surface area contributed by atoms with Crippen molar-refractivity contribution in [2.75, 3.05) is 43.2 Å². The first-order chi connectivity index (χ1) is 19.8. The zero-order chi connectivity index (χ0) is 29.1. The maximum Gasteiger partial charge on any atom is 0.321 e. The van der Waals surface area contributed by atoms with Crippen molar-refractivity contribution >= 4 is 63.4 Å². The maximum atomic E-state index is 14.0. The minimum Gasteiger partial charge on any atom is -0.384 e. The molecule has 9 nitrogen and oxygen atoms in total. The Labute approximate surface area is 247 Å². The van der Waals surface area contributed by atoms with Gasteiger partial charge in [0.15, 0.2) is 5.17 Å². The molecule has 0 unspecified atom stereocenters. The molecular formula is C30H29N7O2S2. The SMILES string of the molecule is CCNc1ccc(C#N)cc1N=C1SC(=C2Sc3cc(NC(=O)N(C)C)ccc3N2C)C(=O)N1Cc1ccccc1. The molecular weight excluding hydrogens is 555 g/mol. The van der Waals surface area contributed by atoms with E-state index < -0.39 is 0 Å². The average molecular weight is 584 g/mol. The fraction of sp³-hybridized carbons (Fsp3) is 0.200. The van der Waals surface area contributed by atoms with Crippen LogP contribution in [0.5, 0.6) is 0 Å². The number of hydrogen-bond donors (Lipinski definition) is 2. The van der Waals surface area contributed by atoms with Crippen molar-refractivity contribution in [1.29, 1.82) is 5.26 Å². The van der Waals surface area contributed by atoms with Crippen LogP contribution in [0.2, 0.25) is 0 Å². The second-order valence-electron chi connectivity index (χ2n) is 9.55. The number of thioether (sulfide) groups is 2. The predicted octanol–water partition coefficient (Wildman–Crippen LogP) is 6.26. The van der Waals surface area contributed by atoms with Crippen LogP contribution in [-0.2, 0) is 11.3 Å². The van der Waals surface area contributed by atoms with Crippen LogP contribution in [-0.4, -0.2) is 54.6 Å². The number of aliphatic imine (C=N–C) groups is 1. The summed E-state index contributed by atoms with van der Waals surface area (Å²) >= 11 is 2.82. The van der Waals surface area contributed by atoms with Gasteiger partial charge in [0.1, 0.15) is 4.91 Å². The van der Waals surface area contributed by atoms with Gasteiger partial charge in [0.05, 0.1) is 40.3 Å². The van der Waals surface area contributed by atoms with Gasteiger partial charge in [0.25, 0.3) is 5.91 Å². The minimum atomic E-state index is -0.212. The summed E-state index contributed by atoms with van der Waals surface area (Å²) in [6.07, 6.45) is 0. The molecule has 0 saturated carbocycles. The Morgan fingerprint density at radius 1 is 1.07 bits per heavy atom. The smallest absolute Gasteiger partial charge is 0.321 e. The normalized spacial score (nSPS) is 17.0. The number of amidine groups is 1. The molecule has 2 heterocycles. The number of carbonyl (C=O) groups excluding carboxylic acids is 2. The second kappa shape index (κ2) is 12.0. The average Bonchev–Trinajstić information content (AvgIpc) is 3.45. The van der Waals surface area contributed by atoms with Crippen LogP contribution >= 0.6 is 23.5 Å². The van der Waals surface area contributed by atoms with Crippen LogP contribution in [0.1, 0.15) is 18.1 Å². The lowest BCUT2D eigenvalue weighted by Crippen LogP contribution is -2.29. The third-order valence-electron chi connectivity index (χ3n) is 6.44. The van der Waals surface area contributed by atoms with Gasteiger partial charge >= 0.3 is 6.03 Å². The third kappa shape index (κ3) is 5.89. The summed E-state index contributed by atoms with van der Waals surface area (Å²) in [6.45, 7) is 3.05. The van der Waals surface area contributed by atoms with Crippen LogP contribution in [0, 0.1) is 11.3 Å². The van der Waals surface area contributed by atoms with Crippen molar-refractivity contribution in [3.63, 3.8) is 0 Å². The van der Waals surface area contributed by atoms with Gasteiger partial charge in [-0.15, -0.1) is 0 Å². The second-order valence-corrected chi connectivity index (χ2v) is 11.6. The molecule has 2 aliphatic heterocycles. The third-order valence-corrected chi connectivity index (χ3v) is 8.86. The van der Waals surface area contributed by atoms with Gasteiger partial charge in [-0.25, -0.2) is 9.79 Å². The Balaban J connectivity index is 1.54. The molecule has 3 aromatic carbocycles. The lowest BCUT2D eigenvalue weighted by atomic mass is 10.2. The Bertz CT molecular complexity index is 1610. The maximum absolute atomic E-state index is 14.0. The van der Waals surface area contributed by atoms with E-state index in [0.29, 0.717) is 40.1 Å². The van der Waals surface area contributed by atoms with Gasteiger partial charge in [-0.1, -0.05) is 42.1 Å².